The van der Waals surface area contributed by atoms with Crippen LogP contribution in [-0.4, -0.2) is 22.5 Å². The van der Waals surface area contributed by atoms with Gasteiger partial charge in [-0.15, -0.1) is 0 Å². The van der Waals surface area contributed by atoms with Crippen LogP contribution in [0.4, 0.5) is 5.69 Å². The molecule has 1 heterocycles. The molecule has 0 aliphatic carbocycles. The largest absolute Gasteiger partial charge is 0.508 e. The Balaban J connectivity index is 1.69. The lowest BCUT2D eigenvalue weighted by Gasteiger charge is -2.21. The predicted octanol–water partition coefficient (Wildman–Crippen LogP) is 4.28. The van der Waals surface area contributed by atoms with Crippen LogP contribution in [-0.2, 0) is 17.9 Å². The number of aromatic hydroxyl groups is 1. The average Bonchev–Trinajstić information content (AvgIpc) is 3.12. The van der Waals surface area contributed by atoms with Crippen molar-refractivity contribution in [3.63, 3.8) is 0 Å². The maximum atomic E-state index is 12.4. The summed E-state index contributed by atoms with van der Waals surface area (Å²) in [6.45, 7) is 1.02. The number of nitrogens with one attached hydrogen (secondary N) is 1. The molecule has 0 bridgehead atoms. The van der Waals surface area contributed by atoms with Crippen molar-refractivity contribution in [3.8, 4) is 5.75 Å². The smallest absolute Gasteiger partial charge is 0.238 e. The summed E-state index contributed by atoms with van der Waals surface area (Å²) in [6.07, 6.45) is 1.60. The Hall–Kier alpha value is -2.76. The Morgan fingerprint density at radius 1 is 1.04 bits per heavy atom. The molecule has 134 valence electrons. The Labute approximate surface area is 156 Å². The first kappa shape index (κ1) is 18.0. The van der Waals surface area contributed by atoms with Crippen LogP contribution < -0.4 is 5.32 Å². The minimum atomic E-state index is -0.158. The number of phenolic OH excluding ortho intramolecular Hbond substituents is 1. The van der Waals surface area contributed by atoms with Crippen molar-refractivity contribution in [2.45, 2.75) is 13.1 Å². The molecule has 0 spiro atoms. The van der Waals surface area contributed by atoms with E-state index in [4.69, 9.17) is 16.0 Å². The van der Waals surface area contributed by atoms with Crippen molar-refractivity contribution >= 4 is 23.2 Å². The highest BCUT2D eigenvalue weighted by molar-refractivity contribution is 6.30. The zero-order valence-electron chi connectivity index (χ0n) is 14.1. The van der Waals surface area contributed by atoms with Crippen molar-refractivity contribution in [3.05, 3.63) is 83.3 Å². The van der Waals surface area contributed by atoms with Gasteiger partial charge < -0.3 is 14.8 Å². The van der Waals surface area contributed by atoms with Crippen molar-refractivity contribution in [2.75, 3.05) is 11.9 Å². The van der Waals surface area contributed by atoms with E-state index in [1.165, 1.54) is 0 Å². The summed E-state index contributed by atoms with van der Waals surface area (Å²) in [5.74, 6) is 0.795. The van der Waals surface area contributed by atoms with E-state index in [2.05, 4.69) is 5.32 Å². The van der Waals surface area contributed by atoms with Crippen molar-refractivity contribution in [2.24, 2.45) is 0 Å². The number of nitrogens with zero attached hydrogens (tertiary/aromatic N) is 1. The third kappa shape index (κ3) is 5.12. The molecule has 0 aliphatic heterocycles. The minimum absolute atomic E-state index is 0.150. The number of amides is 1. The number of carbonyl (C=O) groups is 1. The number of halogens is 1. The molecule has 1 amide bonds. The van der Waals surface area contributed by atoms with E-state index in [-0.39, 0.29) is 18.2 Å². The number of para-hydroxylation sites is 1. The lowest BCUT2D eigenvalue weighted by Crippen LogP contribution is -2.32. The normalized spacial score (nSPS) is 10.8. The lowest BCUT2D eigenvalue weighted by atomic mass is 10.2. The maximum absolute atomic E-state index is 12.4. The van der Waals surface area contributed by atoms with Crippen LogP contribution >= 0.6 is 11.6 Å². The van der Waals surface area contributed by atoms with Gasteiger partial charge in [0.25, 0.3) is 0 Å². The zero-order chi connectivity index (χ0) is 18.4. The molecular weight excluding hydrogens is 352 g/mol. The summed E-state index contributed by atoms with van der Waals surface area (Å²) in [7, 11) is 0. The minimum Gasteiger partial charge on any atom is -0.508 e. The molecule has 0 aliphatic rings. The highest BCUT2D eigenvalue weighted by atomic mass is 35.5. The Morgan fingerprint density at radius 2 is 1.81 bits per heavy atom. The molecule has 5 nitrogen and oxygen atoms in total. The first-order valence-electron chi connectivity index (χ1n) is 8.17. The molecule has 26 heavy (non-hydrogen) atoms. The van der Waals surface area contributed by atoms with Crippen LogP contribution in [0.2, 0.25) is 5.02 Å². The molecule has 2 aromatic carbocycles. The van der Waals surface area contributed by atoms with Crippen LogP contribution in [0.3, 0.4) is 0 Å². The fraction of sp³-hybridized carbons (Fsp3) is 0.150. The van der Waals surface area contributed by atoms with Crippen LogP contribution in [0.5, 0.6) is 5.75 Å². The van der Waals surface area contributed by atoms with Crippen LogP contribution in [0.25, 0.3) is 0 Å². The third-order valence-corrected chi connectivity index (χ3v) is 4.09. The SMILES string of the molecule is O=C(CN(Cc1ccco1)Cc1ccccc1O)Nc1ccc(Cl)cc1. The molecule has 6 heteroatoms. The standard InChI is InChI=1S/C20H19ClN2O3/c21-16-7-9-17(10-8-16)22-20(25)14-23(13-18-5-3-11-26-18)12-15-4-1-2-6-19(15)24/h1-11,24H,12-14H2,(H,22,25). The van der Waals surface area contributed by atoms with Crippen molar-refractivity contribution in [1.29, 1.82) is 0 Å². The first-order valence-corrected chi connectivity index (χ1v) is 8.55. The van der Waals surface area contributed by atoms with Gasteiger partial charge in [-0.25, -0.2) is 0 Å². The summed E-state index contributed by atoms with van der Waals surface area (Å²) in [6, 6.07) is 17.7. The number of rotatable bonds is 7. The second-order valence-electron chi connectivity index (χ2n) is 5.91. The van der Waals surface area contributed by atoms with E-state index in [0.29, 0.717) is 23.8 Å². The fourth-order valence-electron chi connectivity index (χ4n) is 2.61. The van der Waals surface area contributed by atoms with Gasteiger partial charge in [-0.2, -0.15) is 0 Å². The molecule has 1 aromatic heterocycles. The quantitative estimate of drug-likeness (QED) is 0.651. The second-order valence-corrected chi connectivity index (χ2v) is 6.34. The monoisotopic (exact) mass is 370 g/mol. The summed E-state index contributed by atoms with van der Waals surface area (Å²) >= 11 is 5.86. The number of benzene rings is 2. The molecule has 2 N–H and O–H groups in total. The van der Waals surface area contributed by atoms with Crippen molar-refractivity contribution in [1.82, 2.24) is 4.90 Å². The lowest BCUT2D eigenvalue weighted by molar-refractivity contribution is -0.117. The van der Waals surface area contributed by atoms with Gasteiger partial charge in [-0.1, -0.05) is 29.8 Å². The first-order chi connectivity index (χ1) is 12.6. The molecule has 0 saturated carbocycles. The summed E-state index contributed by atoms with van der Waals surface area (Å²) in [4.78, 5) is 14.3. The second kappa shape index (κ2) is 8.56. The van der Waals surface area contributed by atoms with E-state index >= 15 is 0 Å². The van der Waals surface area contributed by atoms with Gasteiger partial charge in [0.05, 0.1) is 19.4 Å². The zero-order valence-corrected chi connectivity index (χ0v) is 14.8. The van der Waals surface area contributed by atoms with Gasteiger partial charge in [-0.3, -0.25) is 9.69 Å². The summed E-state index contributed by atoms with van der Waals surface area (Å²) in [5, 5.41) is 13.5. The maximum Gasteiger partial charge on any atom is 0.238 e. The van der Waals surface area contributed by atoms with E-state index in [1.54, 1.807) is 48.7 Å². The van der Waals surface area contributed by atoms with Crippen LogP contribution in [0.15, 0.2) is 71.3 Å². The fourth-order valence-corrected chi connectivity index (χ4v) is 2.74. The van der Waals surface area contributed by atoms with Gasteiger partial charge in [0.15, 0.2) is 0 Å². The molecule has 3 aromatic rings. The summed E-state index contributed by atoms with van der Waals surface area (Å²) < 4.78 is 5.39. The molecule has 0 unspecified atom stereocenters. The van der Waals surface area contributed by atoms with Gasteiger partial charge in [-0.05, 0) is 42.5 Å². The van der Waals surface area contributed by atoms with E-state index < -0.39 is 0 Å². The molecule has 0 fully saturated rings. The van der Waals surface area contributed by atoms with Gasteiger partial charge in [0.2, 0.25) is 5.91 Å². The molecule has 0 saturated heterocycles. The average molecular weight is 371 g/mol. The number of hydrogen-bond acceptors (Lipinski definition) is 4. The molecule has 0 atom stereocenters. The van der Waals surface area contributed by atoms with Crippen LogP contribution in [0.1, 0.15) is 11.3 Å². The number of carbonyl (C=O) groups excluding carboxylic acids is 1. The third-order valence-electron chi connectivity index (χ3n) is 3.84. The topological polar surface area (TPSA) is 65.7 Å². The Morgan fingerprint density at radius 3 is 2.50 bits per heavy atom. The van der Waals surface area contributed by atoms with Crippen molar-refractivity contribution < 1.29 is 14.3 Å². The number of anilines is 1. The highest BCUT2D eigenvalue weighted by Gasteiger charge is 2.15. The molecular formula is C20H19ClN2O3. The van der Waals surface area contributed by atoms with Gasteiger partial charge in [0.1, 0.15) is 11.5 Å². The van der Waals surface area contributed by atoms with Gasteiger partial charge >= 0.3 is 0 Å². The predicted molar refractivity (Wildman–Crippen MR) is 101 cm³/mol. The van der Waals surface area contributed by atoms with E-state index in [1.807, 2.05) is 23.1 Å². The molecule has 0 radical (unpaired) electrons. The Kier molecular flexibility index (Phi) is 5.94. The highest BCUT2D eigenvalue weighted by Crippen LogP contribution is 2.19. The van der Waals surface area contributed by atoms with Crippen LogP contribution in [0, 0.1) is 0 Å². The van der Waals surface area contributed by atoms with E-state index in [9.17, 15) is 9.90 Å². The Bertz CT molecular complexity index is 848. The number of phenols is 1. The van der Waals surface area contributed by atoms with Gasteiger partial charge in [0, 0.05) is 22.8 Å². The number of furan rings is 1. The molecule has 3 rings (SSSR count). The van der Waals surface area contributed by atoms with E-state index in [0.717, 1.165) is 11.3 Å². The number of hydrogen-bond donors (Lipinski definition) is 2. The summed E-state index contributed by atoms with van der Waals surface area (Å²) in [5.41, 5.74) is 1.43.